The summed E-state index contributed by atoms with van der Waals surface area (Å²) in [7, 11) is 0. The smallest absolute Gasteiger partial charge is 0.324 e. The van der Waals surface area contributed by atoms with E-state index in [0.29, 0.717) is 28.3 Å². The van der Waals surface area contributed by atoms with Crippen LogP contribution in [0.25, 0.3) is 27.8 Å². The second-order valence-corrected chi connectivity index (χ2v) is 7.52. The normalized spacial score (nSPS) is 11.9. The number of benzene rings is 2. The van der Waals surface area contributed by atoms with Crippen molar-refractivity contribution in [3.05, 3.63) is 83.6 Å². The van der Waals surface area contributed by atoms with Crippen molar-refractivity contribution in [2.24, 2.45) is 0 Å². The number of hydrogen-bond donors (Lipinski definition) is 2. The molecular formula is C23H15F4N5O. The van der Waals surface area contributed by atoms with E-state index in [4.69, 9.17) is 0 Å². The third kappa shape index (κ3) is 3.91. The Morgan fingerprint density at radius 3 is 2.61 bits per heavy atom. The van der Waals surface area contributed by atoms with Gasteiger partial charge in [0, 0.05) is 11.9 Å². The Morgan fingerprint density at radius 1 is 1.03 bits per heavy atom. The molecule has 0 fully saturated rings. The highest BCUT2D eigenvalue weighted by atomic mass is 19.4. The van der Waals surface area contributed by atoms with Gasteiger partial charge >= 0.3 is 6.18 Å². The van der Waals surface area contributed by atoms with E-state index >= 15 is 0 Å². The largest absolute Gasteiger partial charge is 0.416 e. The predicted octanol–water partition coefficient (Wildman–Crippen LogP) is 5.60. The number of carbonyl (C=O) groups excluding carboxylic acids is 1. The minimum Gasteiger partial charge on any atom is -0.324 e. The molecule has 1 amide bonds. The molecule has 0 aliphatic heterocycles. The second kappa shape index (κ2) is 7.44. The predicted molar refractivity (Wildman–Crippen MR) is 114 cm³/mol. The zero-order valence-electron chi connectivity index (χ0n) is 17.0. The monoisotopic (exact) mass is 453 g/mol. The first-order chi connectivity index (χ1) is 15.7. The highest BCUT2D eigenvalue weighted by molar-refractivity contribution is 6.03. The number of H-pyrrole nitrogens is 1. The van der Waals surface area contributed by atoms with E-state index in [1.54, 1.807) is 28.8 Å². The van der Waals surface area contributed by atoms with Crippen molar-refractivity contribution >= 4 is 28.5 Å². The van der Waals surface area contributed by atoms with Crippen LogP contribution >= 0.6 is 0 Å². The van der Waals surface area contributed by atoms with E-state index in [1.807, 2.05) is 19.1 Å². The standard InChI is InChI=1S/C23H15F4N5O/c1-12-3-2-4-20-28-19(11-32(12)20)21(33)31-22-29-17-6-5-13(9-18(17)30-22)14-7-15(23(25,26)27)10-16(24)8-14/h2-11H,1H3,(H2,29,30,31,33). The molecule has 0 aliphatic rings. The van der Waals surface area contributed by atoms with Crippen LogP contribution in [0.1, 0.15) is 21.7 Å². The highest BCUT2D eigenvalue weighted by Gasteiger charge is 2.31. The fourth-order valence-corrected chi connectivity index (χ4v) is 3.60. The first-order valence-electron chi connectivity index (χ1n) is 9.81. The molecule has 3 heterocycles. The summed E-state index contributed by atoms with van der Waals surface area (Å²) in [6, 6.07) is 12.5. The zero-order chi connectivity index (χ0) is 23.3. The van der Waals surface area contributed by atoms with E-state index in [2.05, 4.69) is 20.3 Å². The van der Waals surface area contributed by atoms with Crippen LogP contribution in [0.5, 0.6) is 0 Å². The summed E-state index contributed by atoms with van der Waals surface area (Å²) in [4.78, 5) is 24.1. The minimum atomic E-state index is -4.66. The number of carbonyl (C=O) groups is 1. The Kier molecular flexibility index (Phi) is 4.66. The number of pyridine rings is 1. The molecule has 5 aromatic rings. The van der Waals surface area contributed by atoms with Crippen molar-refractivity contribution in [3.63, 3.8) is 0 Å². The van der Waals surface area contributed by atoms with Gasteiger partial charge in [0.25, 0.3) is 5.91 Å². The summed E-state index contributed by atoms with van der Waals surface area (Å²) in [5.74, 6) is -1.31. The molecule has 0 aliphatic carbocycles. The average molecular weight is 453 g/mol. The lowest BCUT2D eigenvalue weighted by Gasteiger charge is -2.09. The molecule has 0 spiro atoms. The molecule has 0 bridgehead atoms. The molecule has 0 saturated heterocycles. The van der Waals surface area contributed by atoms with Crippen molar-refractivity contribution in [1.82, 2.24) is 19.4 Å². The molecule has 0 saturated carbocycles. The van der Waals surface area contributed by atoms with Crippen LogP contribution in [-0.4, -0.2) is 25.3 Å². The fraction of sp³-hybridized carbons (Fsp3) is 0.0870. The Hall–Kier alpha value is -4.21. The van der Waals surface area contributed by atoms with Gasteiger partial charge in [-0.2, -0.15) is 13.2 Å². The third-order valence-electron chi connectivity index (χ3n) is 5.20. The van der Waals surface area contributed by atoms with Crippen molar-refractivity contribution in [3.8, 4) is 11.1 Å². The molecule has 0 unspecified atom stereocenters. The van der Waals surface area contributed by atoms with Crippen LogP contribution in [0, 0.1) is 12.7 Å². The summed E-state index contributed by atoms with van der Waals surface area (Å²) in [5, 5.41) is 2.64. The van der Waals surface area contributed by atoms with Gasteiger partial charge < -0.3 is 9.38 Å². The van der Waals surface area contributed by atoms with Gasteiger partial charge in [0.2, 0.25) is 5.95 Å². The number of halogens is 4. The maximum absolute atomic E-state index is 13.8. The first-order valence-corrected chi connectivity index (χ1v) is 9.81. The first kappa shape index (κ1) is 20.7. The number of amides is 1. The molecule has 0 atom stereocenters. The van der Waals surface area contributed by atoms with Crippen molar-refractivity contribution < 1.29 is 22.4 Å². The number of hydrogen-bond acceptors (Lipinski definition) is 3. The number of nitrogens with zero attached hydrogens (tertiary/aromatic N) is 3. The number of rotatable bonds is 3. The lowest BCUT2D eigenvalue weighted by atomic mass is 10.0. The molecule has 10 heteroatoms. The number of nitrogens with one attached hydrogen (secondary N) is 2. The molecule has 166 valence electrons. The van der Waals surface area contributed by atoms with Crippen LogP contribution in [-0.2, 0) is 6.18 Å². The zero-order valence-corrected chi connectivity index (χ0v) is 17.0. The van der Waals surface area contributed by atoms with Gasteiger partial charge in [0.1, 0.15) is 17.2 Å². The fourth-order valence-electron chi connectivity index (χ4n) is 3.60. The van der Waals surface area contributed by atoms with E-state index in [0.717, 1.165) is 17.8 Å². The van der Waals surface area contributed by atoms with Crippen molar-refractivity contribution in [2.75, 3.05) is 5.32 Å². The Balaban J connectivity index is 1.44. The number of aromatic nitrogens is 4. The van der Waals surface area contributed by atoms with Crippen LogP contribution in [0.3, 0.4) is 0 Å². The Morgan fingerprint density at radius 2 is 1.85 bits per heavy atom. The number of fused-ring (bicyclic) bond motifs is 2. The minimum absolute atomic E-state index is 0.0736. The summed E-state index contributed by atoms with van der Waals surface area (Å²) in [6.45, 7) is 1.89. The maximum Gasteiger partial charge on any atom is 0.416 e. The van der Waals surface area contributed by atoms with Gasteiger partial charge in [-0.1, -0.05) is 12.1 Å². The SMILES string of the molecule is Cc1cccc2nc(C(=O)Nc3nc4ccc(-c5cc(F)cc(C(F)(F)F)c5)cc4[nH]3)cn12. The highest BCUT2D eigenvalue weighted by Crippen LogP contribution is 2.34. The van der Waals surface area contributed by atoms with Crippen LogP contribution in [0.2, 0.25) is 0 Å². The molecule has 33 heavy (non-hydrogen) atoms. The molecule has 2 aromatic carbocycles. The summed E-state index contributed by atoms with van der Waals surface area (Å²) < 4.78 is 54.7. The van der Waals surface area contributed by atoms with Crippen LogP contribution in [0.15, 0.2) is 60.8 Å². The molecule has 3 aromatic heterocycles. The molecule has 5 rings (SSSR count). The summed E-state index contributed by atoms with van der Waals surface area (Å²) in [6.07, 6.45) is -3.05. The Bertz CT molecular complexity index is 1530. The Labute approximate surface area is 183 Å². The molecule has 6 nitrogen and oxygen atoms in total. The van der Waals surface area contributed by atoms with Gasteiger partial charge in [0.15, 0.2) is 0 Å². The molecule has 0 radical (unpaired) electrons. The van der Waals surface area contributed by atoms with Crippen molar-refractivity contribution in [2.45, 2.75) is 13.1 Å². The number of anilines is 1. The van der Waals surface area contributed by atoms with E-state index in [-0.39, 0.29) is 17.2 Å². The van der Waals surface area contributed by atoms with E-state index < -0.39 is 23.5 Å². The molecular weight excluding hydrogens is 438 g/mol. The second-order valence-electron chi connectivity index (χ2n) is 7.52. The van der Waals surface area contributed by atoms with E-state index in [9.17, 15) is 22.4 Å². The quantitative estimate of drug-likeness (QED) is 0.350. The number of imidazole rings is 2. The van der Waals surface area contributed by atoms with Crippen LogP contribution < -0.4 is 5.32 Å². The maximum atomic E-state index is 13.8. The molecule has 2 N–H and O–H groups in total. The lowest BCUT2D eigenvalue weighted by molar-refractivity contribution is -0.137. The third-order valence-corrected chi connectivity index (χ3v) is 5.20. The van der Waals surface area contributed by atoms with Gasteiger partial charge in [-0.05, 0) is 60.5 Å². The number of alkyl halides is 3. The van der Waals surface area contributed by atoms with E-state index in [1.165, 1.54) is 6.07 Å². The van der Waals surface area contributed by atoms with Crippen LogP contribution in [0.4, 0.5) is 23.5 Å². The van der Waals surface area contributed by atoms with Gasteiger partial charge in [-0.15, -0.1) is 0 Å². The summed E-state index contributed by atoms with van der Waals surface area (Å²) >= 11 is 0. The van der Waals surface area contributed by atoms with Gasteiger partial charge in [0.05, 0.1) is 16.6 Å². The van der Waals surface area contributed by atoms with Gasteiger partial charge in [-0.25, -0.2) is 14.4 Å². The lowest BCUT2D eigenvalue weighted by Crippen LogP contribution is -2.13. The topological polar surface area (TPSA) is 75.1 Å². The average Bonchev–Trinajstić information content (AvgIpc) is 3.36. The van der Waals surface area contributed by atoms with Gasteiger partial charge in [-0.3, -0.25) is 10.1 Å². The van der Waals surface area contributed by atoms with Crippen molar-refractivity contribution in [1.29, 1.82) is 0 Å². The number of aromatic amines is 1. The summed E-state index contributed by atoms with van der Waals surface area (Å²) in [5.41, 5.74) is 2.06. The number of aryl methyl sites for hydroxylation is 1.